The molecule has 1 unspecified atom stereocenters. The largest absolute Gasteiger partial charge is 0.363 e. The number of hydrogen-bond acceptors (Lipinski definition) is 3. The van der Waals surface area contributed by atoms with Gasteiger partial charge in [0.15, 0.2) is 0 Å². The summed E-state index contributed by atoms with van der Waals surface area (Å²) >= 11 is 0. The summed E-state index contributed by atoms with van der Waals surface area (Å²) in [6.45, 7) is 3.89. The van der Waals surface area contributed by atoms with Gasteiger partial charge in [-0.05, 0) is 13.3 Å². The molecule has 1 aromatic rings. The van der Waals surface area contributed by atoms with Crippen molar-refractivity contribution in [3.63, 3.8) is 0 Å². The van der Waals surface area contributed by atoms with E-state index in [1.165, 1.54) is 4.68 Å². The number of nitrogens with two attached hydrogens (primary N) is 1. The molecule has 0 aliphatic carbocycles. The Morgan fingerprint density at radius 2 is 2.36 bits per heavy atom. The number of hydrogen-bond donors (Lipinski definition) is 2. The van der Waals surface area contributed by atoms with Crippen LogP contribution >= 0.6 is 0 Å². The predicted octanol–water partition coefficient (Wildman–Crippen LogP) is 0.0314. The molecule has 0 bridgehead atoms. The number of carbonyl (C=O) groups is 1. The average Bonchev–Trinajstić information content (AvgIpc) is 2.48. The number of aromatic amines is 1. The van der Waals surface area contributed by atoms with E-state index in [-0.39, 0.29) is 17.6 Å². The number of nitrogens with zero attached hydrogens (tertiary/aromatic N) is 2. The molecule has 1 rings (SSSR count). The summed E-state index contributed by atoms with van der Waals surface area (Å²) in [5.41, 5.74) is 4.60. The summed E-state index contributed by atoms with van der Waals surface area (Å²) in [6, 6.07) is -0.0168. The Balaban J connectivity index is 2.98. The van der Waals surface area contributed by atoms with Crippen LogP contribution in [-0.4, -0.2) is 20.7 Å². The third kappa shape index (κ3) is 2.01. The quantitative estimate of drug-likeness (QED) is 0.714. The van der Waals surface area contributed by atoms with E-state index >= 15 is 0 Å². The van der Waals surface area contributed by atoms with Crippen molar-refractivity contribution in [2.24, 2.45) is 5.73 Å². The number of nitrogens with one attached hydrogen (secondary N) is 1. The monoisotopic (exact) mass is 198 g/mol. The first-order valence-corrected chi connectivity index (χ1v) is 4.55. The fourth-order valence-corrected chi connectivity index (χ4v) is 1.29. The lowest BCUT2D eigenvalue weighted by Gasteiger charge is -2.07. The second-order valence-corrected chi connectivity index (χ2v) is 3.23. The van der Waals surface area contributed by atoms with Crippen LogP contribution in [0.2, 0.25) is 0 Å². The molecule has 0 radical (unpaired) electrons. The van der Waals surface area contributed by atoms with E-state index in [2.05, 4.69) is 10.1 Å². The van der Waals surface area contributed by atoms with E-state index in [0.29, 0.717) is 0 Å². The SMILES string of the molecule is CCCC(C)n1nc(C(N)=O)[nH]c1=O. The molecule has 0 aliphatic rings. The van der Waals surface area contributed by atoms with Crippen LogP contribution in [0.4, 0.5) is 0 Å². The molecule has 1 atom stereocenters. The smallest absolute Gasteiger partial charge is 0.343 e. The van der Waals surface area contributed by atoms with Crippen LogP contribution in [-0.2, 0) is 0 Å². The van der Waals surface area contributed by atoms with Crippen molar-refractivity contribution in [1.29, 1.82) is 0 Å². The minimum absolute atomic E-state index is 0.0168. The van der Waals surface area contributed by atoms with Crippen LogP contribution in [0.15, 0.2) is 4.79 Å². The molecule has 0 saturated heterocycles. The number of primary amides is 1. The van der Waals surface area contributed by atoms with Gasteiger partial charge in [-0.25, -0.2) is 9.48 Å². The predicted molar refractivity (Wildman–Crippen MR) is 51.0 cm³/mol. The number of amides is 1. The van der Waals surface area contributed by atoms with Crippen molar-refractivity contribution in [3.05, 3.63) is 16.3 Å². The van der Waals surface area contributed by atoms with E-state index in [4.69, 9.17) is 5.73 Å². The minimum Gasteiger partial charge on any atom is -0.363 e. The van der Waals surface area contributed by atoms with Gasteiger partial charge in [-0.1, -0.05) is 13.3 Å². The van der Waals surface area contributed by atoms with Gasteiger partial charge in [-0.3, -0.25) is 9.78 Å². The average molecular weight is 198 g/mol. The first-order valence-electron chi connectivity index (χ1n) is 4.55. The second kappa shape index (κ2) is 4.08. The maximum Gasteiger partial charge on any atom is 0.343 e. The lowest BCUT2D eigenvalue weighted by Crippen LogP contribution is -2.21. The topological polar surface area (TPSA) is 93.8 Å². The molecule has 0 aromatic carbocycles. The van der Waals surface area contributed by atoms with Crippen molar-refractivity contribution in [3.8, 4) is 0 Å². The third-order valence-electron chi connectivity index (χ3n) is 2.00. The van der Waals surface area contributed by atoms with Crippen molar-refractivity contribution < 1.29 is 4.79 Å². The lowest BCUT2D eigenvalue weighted by molar-refractivity contribution is 0.0990. The van der Waals surface area contributed by atoms with Gasteiger partial charge in [-0.2, -0.15) is 0 Å². The van der Waals surface area contributed by atoms with Crippen molar-refractivity contribution in [1.82, 2.24) is 14.8 Å². The molecule has 0 saturated carbocycles. The van der Waals surface area contributed by atoms with Gasteiger partial charge in [0.1, 0.15) is 0 Å². The Morgan fingerprint density at radius 1 is 1.71 bits per heavy atom. The summed E-state index contributed by atoms with van der Waals surface area (Å²) in [7, 11) is 0. The Hall–Kier alpha value is -1.59. The molecular weight excluding hydrogens is 184 g/mol. The van der Waals surface area contributed by atoms with Gasteiger partial charge in [-0.15, -0.1) is 5.10 Å². The maximum absolute atomic E-state index is 11.3. The first-order chi connectivity index (χ1) is 6.56. The Kier molecular flexibility index (Phi) is 3.06. The summed E-state index contributed by atoms with van der Waals surface area (Å²) < 4.78 is 1.25. The van der Waals surface area contributed by atoms with Crippen LogP contribution in [0.1, 0.15) is 43.3 Å². The summed E-state index contributed by atoms with van der Waals surface area (Å²) in [5, 5.41) is 3.80. The highest BCUT2D eigenvalue weighted by molar-refractivity contribution is 5.88. The van der Waals surface area contributed by atoms with Crippen molar-refractivity contribution >= 4 is 5.91 Å². The Bertz CT molecular complexity index is 379. The van der Waals surface area contributed by atoms with E-state index in [0.717, 1.165) is 12.8 Å². The molecule has 1 heterocycles. The van der Waals surface area contributed by atoms with Crippen LogP contribution in [0.3, 0.4) is 0 Å². The molecule has 78 valence electrons. The minimum atomic E-state index is -0.718. The molecular formula is C8H14N4O2. The molecule has 0 fully saturated rings. The first kappa shape index (κ1) is 10.5. The molecule has 14 heavy (non-hydrogen) atoms. The van der Waals surface area contributed by atoms with Gasteiger partial charge >= 0.3 is 5.69 Å². The molecule has 1 amide bonds. The molecule has 1 aromatic heterocycles. The van der Waals surface area contributed by atoms with Crippen LogP contribution in [0.5, 0.6) is 0 Å². The highest BCUT2D eigenvalue weighted by Crippen LogP contribution is 2.08. The normalized spacial score (nSPS) is 12.7. The number of carbonyl (C=O) groups excluding carboxylic acids is 1. The number of H-pyrrole nitrogens is 1. The zero-order valence-electron chi connectivity index (χ0n) is 8.28. The van der Waals surface area contributed by atoms with Gasteiger partial charge in [0.25, 0.3) is 5.91 Å². The third-order valence-corrected chi connectivity index (χ3v) is 2.00. The Labute approximate surface area is 81.1 Å². The molecule has 0 aliphatic heterocycles. The standard InChI is InChI=1S/C8H14N4O2/c1-3-4-5(2)12-8(14)10-7(11-12)6(9)13/h5H,3-4H2,1-2H3,(H2,9,13)(H,10,11,14). The molecule has 0 spiro atoms. The zero-order chi connectivity index (χ0) is 10.7. The maximum atomic E-state index is 11.3. The number of rotatable bonds is 4. The van der Waals surface area contributed by atoms with Crippen LogP contribution in [0, 0.1) is 0 Å². The van der Waals surface area contributed by atoms with E-state index in [1.807, 2.05) is 13.8 Å². The lowest BCUT2D eigenvalue weighted by atomic mass is 10.2. The van der Waals surface area contributed by atoms with Gasteiger partial charge in [0.2, 0.25) is 5.82 Å². The molecule has 3 N–H and O–H groups in total. The van der Waals surface area contributed by atoms with Gasteiger partial charge < -0.3 is 5.73 Å². The Morgan fingerprint density at radius 3 is 2.79 bits per heavy atom. The highest BCUT2D eigenvalue weighted by Gasteiger charge is 2.13. The summed E-state index contributed by atoms with van der Waals surface area (Å²) in [5.74, 6) is -0.803. The fraction of sp³-hybridized carbons (Fsp3) is 0.625. The fourth-order valence-electron chi connectivity index (χ4n) is 1.29. The molecule has 6 heteroatoms. The summed E-state index contributed by atoms with van der Waals surface area (Å²) in [6.07, 6.45) is 1.79. The van der Waals surface area contributed by atoms with E-state index < -0.39 is 5.91 Å². The number of aromatic nitrogens is 3. The van der Waals surface area contributed by atoms with E-state index in [9.17, 15) is 9.59 Å². The van der Waals surface area contributed by atoms with Crippen LogP contribution in [0.25, 0.3) is 0 Å². The second-order valence-electron chi connectivity index (χ2n) is 3.23. The van der Waals surface area contributed by atoms with Gasteiger partial charge in [0, 0.05) is 0 Å². The van der Waals surface area contributed by atoms with Crippen molar-refractivity contribution in [2.45, 2.75) is 32.7 Å². The van der Waals surface area contributed by atoms with E-state index in [1.54, 1.807) is 0 Å². The van der Waals surface area contributed by atoms with Gasteiger partial charge in [0.05, 0.1) is 6.04 Å². The summed E-state index contributed by atoms with van der Waals surface area (Å²) in [4.78, 5) is 24.3. The van der Waals surface area contributed by atoms with Crippen molar-refractivity contribution in [2.75, 3.05) is 0 Å². The zero-order valence-corrected chi connectivity index (χ0v) is 8.28. The molecule has 6 nitrogen and oxygen atoms in total. The van der Waals surface area contributed by atoms with Crippen LogP contribution < -0.4 is 11.4 Å². The highest BCUT2D eigenvalue weighted by atomic mass is 16.2.